The van der Waals surface area contributed by atoms with Crippen LogP contribution in [0.1, 0.15) is 12.5 Å². The fraction of sp³-hybridized carbons (Fsp3) is 0.400. The summed E-state index contributed by atoms with van der Waals surface area (Å²) in [6.45, 7) is 1.14. The van der Waals surface area contributed by atoms with Gasteiger partial charge in [0.1, 0.15) is 6.04 Å². The van der Waals surface area contributed by atoms with Crippen molar-refractivity contribution < 1.29 is 23.1 Å². The Kier molecular flexibility index (Phi) is 4.85. The molecule has 6 nitrogen and oxygen atoms in total. The van der Waals surface area contributed by atoms with E-state index in [1.165, 1.54) is 11.3 Å². The second-order valence-electron chi connectivity index (χ2n) is 3.78. The first-order chi connectivity index (χ1) is 8.30. The molecule has 1 unspecified atom stereocenters. The zero-order chi connectivity index (χ0) is 13.8. The Morgan fingerprint density at radius 1 is 1.50 bits per heavy atom. The van der Waals surface area contributed by atoms with Crippen LogP contribution in [0.4, 0.5) is 0 Å². The molecule has 0 aliphatic carbocycles. The lowest BCUT2D eigenvalue weighted by Gasteiger charge is -2.13. The first-order valence-electron chi connectivity index (χ1n) is 5.01. The van der Waals surface area contributed by atoms with Crippen molar-refractivity contribution >= 4 is 33.1 Å². The van der Waals surface area contributed by atoms with Gasteiger partial charge in [-0.2, -0.15) is 11.3 Å². The monoisotopic (exact) mass is 291 g/mol. The molecule has 0 saturated heterocycles. The molecule has 1 atom stereocenters. The number of rotatable bonds is 6. The van der Waals surface area contributed by atoms with Crippen LogP contribution in [-0.4, -0.2) is 37.2 Å². The molecule has 0 aliphatic heterocycles. The van der Waals surface area contributed by atoms with Crippen molar-refractivity contribution in [3.05, 3.63) is 22.4 Å². The summed E-state index contributed by atoms with van der Waals surface area (Å²) in [6.07, 6.45) is 0. The zero-order valence-electron chi connectivity index (χ0n) is 9.62. The van der Waals surface area contributed by atoms with E-state index in [0.29, 0.717) is 5.56 Å². The van der Waals surface area contributed by atoms with Crippen molar-refractivity contribution in [2.75, 3.05) is 5.75 Å². The molecule has 0 fully saturated rings. The van der Waals surface area contributed by atoms with E-state index < -0.39 is 33.5 Å². The number of carboxylic acids is 1. The average Bonchev–Trinajstić information content (AvgIpc) is 2.67. The van der Waals surface area contributed by atoms with Gasteiger partial charge in [0, 0.05) is 6.92 Å². The summed E-state index contributed by atoms with van der Waals surface area (Å²) in [5.74, 6) is -2.77. The van der Waals surface area contributed by atoms with Crippen LogP contribution < -0.4 is 5.32 Å². The van der Waals surface area contributed by atoms with E-state index in [2.05, 4.69) is 5.32 Å². The molecule has 0 aromatic carbocycles. The van der Waals surface area contributed by atoms with Crippen LogP contribution in [0.5, 0.6) is 0 Å². The van der Waals surface area contributed by atoms with Gasteiger partial charge in [0.15, 0.2) is 9.84 Å². The van der Waals surface area contributed by atoms with Crippen LogP contribution in [0.2, 0.25) is 0 Å². The SMILES string of the molecule is CC(=O)NC(CS(=O)(=O)Cc1ccsc1)C(=O)O. The minimum Gasteiger partial charge on any atom is -0.480 e. The largest absolute Gasteiger partial charge is 0.480 e. The van der Waals surface area contributed by atoms with Crippen molar-refractivity contribution in [3.63, 3.8) is 0 Å². The van der Waals surface area contributed by atoms with Crippen LogP contribution in [0.3, 0.4) is 0 Å². The Hall–Kier alpha value is -1.41. The Morgan fingerprint density at radius 3 is 2.61 bits per heavy atom. The molecule has 1 heterocycles. The second kappa shape index (κ2) is 5.96. The quantitative estimate of drug-likeness (QED) is 0.782. The Labute approximate surface area is 109 Å². The van der Waals surface area contributed by atoms with Crippen LogP contribution in [-0.2, 0) is 25.2 Å². The molecule has 0 radical (unpaired) electrons. The summed E-state index contributed by atoms with van der Waals surface area (Å²) < 4.78 is 23.6. The summed E-state index contributed by atoms with van der Waals surface area (Å²) in [4.78, 5) is 21.6. The first-order valence-corrected chi connectivity index (χ1v) is 7.78. The first kappa shape index (κ1) is 14.7. The topological polar surface area (TPSA) is 101 Å². The summed E-state index contributed by atoms with van der Waals surface area (Å²) in [5.41, 5.74) is 0.618. The Balaban J connectivity index is 2.73. The fourth-order valence-electron chi connectivity index (χ4n) is 1.36. The van der Waals surface area contributed by atoms with E-state index in [1.807, 2.05) is 0 Å². The lowest BCUT2D eigenvalue weighted by atomic mass is 10.3. The molecule has 100 valence electrons. The number of nitrogens with one attached hydrogen (secondary N) is 1. The molecule has 1 aromatic rings. The third-order valence-corrected chi connectivity index (χ3v) is 4.41. The van der Waals surface area contributed by atoms with Gasteiger partial charge in [0.25, 0.3) is 0 Å². The van der Waals surface area contributed by atoms with E-state index in [4.69, 9.17) is 5.11 Å². The average molecular weight is 291 g/mol. The highest BCUT2D eigenvalue weighted by atomic mass is 32.2. The standard InChI is InChI=1S/C10H13NO5S2/c1-7(12)11-9(10(13)14)6-18(15,16)5-8-2-3-17-4-8/h2-4,9H,5-6H2,1H3,(H,11,12)(H,13,14). The molecule has 8 heteroatoms. The van der Waals surface area contributed by atoms with Gasteiger partial charge in [-0.3, -0.25) is 4.79 Å². The number of hydrogen-bond donors (Lipinski definition) is 2. The van der Waals surface area contributed by atoms with Gasteiger partial charge >= 0.3 is 5.97 Å². The molecular weight excluding hydrogens is 278 g/mol. The Morgan fingerprint density at radius 2 is 2.17 bits per heavy atom. The number of carboxylic acid groups (broad SMARTS) is 1. The maximum Gasteiger partial charge on any atom is 0.327 e. The van der Waals surface area contributed by atoms with Crippen LogP contribution in [0, 0.1) is 0 Å². The van der Waals surface area contributed by atoms with Gasteiger partial charge in [0.2, 0.25) is 5.91 Å². The van der Waals surface area contributed by atoms with Crippen molar-refractivity contribution in [1.82, 2.24) is 5.32 Å². The smallest absolute Gasteiger partial charge is 0.327 e. The predicted molar refractivity (Wildman–Crippen MR) is 67.1 cm³/mol. The van der Waals surface area contributed by atoms with Crippen molar-refractivity contribution in [2.24, 2.45) is 0 Å². The number of carbonyl (C=O) groups is 2. The molecule has 1 amide bonds. The van der Waals surface area contributed by atoms with E-state index in [9.17, 15) is 18.0 Å². The van der Waals surface area contributed by atoms with Crippen LogP contribution in [0.15, 0.2) is 16.8 Å². The maximum atomic E-state index is 11.8. The number of hydrogen-bond acceptors (Lipinski definition) is 5. The summed E-state index contributed by atoms with van der Waals surface area (Å²) in [7, 11) is -3.58. The molecule has 18 heavy (non-hydrogen) atoms. The third-order valence-electron chi connectivity index (χ3n) is 2.06. The van der Waals surface area contributed by atoms with E-state index in [-0.39, 0.29) is 5.75 Å². The number of sulfone groups is 1. The van der Waals surface area contributed by atoms with E-state index in [1.54, 1.807) is 16.8 Å². The van der Waals surface area contributed by atoms with Crippen molar-refractivity contribution in [1.29, 1.82) is 0 Å². The maximum absolute atomic E-state index is 11.8. The molecular formula is C10H13NO5S2. The predicted octanol–water partition coefficient (Wildman–Crippen LogP) is 0.252. The normalized spacial score (nSPS) is 12.9. The Bertz CT molecular complexity index is 520. The minimum atomic E-state index is -3.58. The highest BCUT2D eigenvalue weighted by Crippen LogP contribution is 2.11. The third kappa shape index (κ3) is 4.84. The zero-order valence-corrected chi connectivity index (χ0v) is 11.3. The van der Waals surface area contributed by atoms with E-state index >= 15 is 0 Å². The number of aliphatic carboxylic acids is 1. The number of amides is 1. The molecule has 0 aliphatic rings. The highest BCUT2D eigenvalue weighted by Gasteiger charge is 2.26. The van der Waals surface area contributed by atoms with Gasteiger partial charge in [0.05, 0.1) is 11.5 Å². The summed E-state index contributed by atoms with van der Waals surface area (Å²) in [6, 6.07) is 0.252. The molecule has 0 saturated carbocycles. The van der Waals surface area contributed by atoms with Gasteiger partial charge in [-0.1, -0.05) is 0 Å². The molecule has 1 rings (SSSR count). The molecule has 0 spiro atoms. The van der Waals surface area contributed by atoms with Gasteiger partial charge in [-0.05, 0) is 22.4 Å². The van der Waals surface area contributed by atoms with E-state index in [0.717, 1.165) is 6.92 Å². The fourth-order valence-corrected chi connectivity index (χ4v) is 3.67. The molecule has 0 bridgehead atoms. The van der Waals surface area contributed by atoms with Crippen molar-refractivity contribution in [3.8, 4) is 0 Å². The molecule has 2 N–H and O–H groups in total. The molecule has 1 aromatic heterocycles. The number of carbonyl (C=O) groups excluding carboxylic acids is 1. The number of thiophene rings is 1. The highest BCUT2D eigenvalue weighted by molar-refractivity contribution is 7.90. The van der Waals surface area contributed by atoms with Gasteiger partial charge in [-0.25, -0.2) is 13.2 Å². The summed E-state index contributed by atoms with van der Waals surface area (Å²) in [5, 5.41) is 14.4. The van der Waals surface area contributed by atoms with Crippen LogP contribution in [0.25, 0.3) is 0 Å². The van der Waals surface area contributed by atoms with Gasteiger partial charge < -0.3 is 10.4 Å². The van der Waals surface area contributed by atoms with Crippen molar-refractivity contribution in [2.45, 2.75) is 18.7 Å². The summed E-state index contributed by atoms with van der Waals surface area (Å²) >= 11 is 1.37. The minimum absolute atomic E-state index is 0.222. The lowest BCUT2D eigenvalue weighted by molar-refractivity contribution is -0.140. The van der Waals surface area contributed by atoms with Gasteiger partial charge in [-0.15, -0.1) is 0 Å². The lowest BCUT2D eigenvalue weighted by Crippen LogP contribution is -2.44. The second-order valence-corrected chi connectivity index (χ2v) is 6.67. The van der Waals surface area contributed by atoms with Crippen LogP contribution >= 0.6 is 11.3 Å².